The maximum atomic E-state index is 11.6. The summed E-state index contributed by atoms with van der Waals surface area (Å²) in [6.07, 6.45) is 0.769. The number of nitrogens with zero attached hydrogens (tertiary/aromatic N) is 4. The van der Waals surface area contributed by atoms with Crippen molar-refractivity contribution in [1.82, 2.24) is 14.9 Å². The number of aliphatic hydroxyl groups is 1. The maximum absolute atomic E-state index is 11.6. The topological polar surface area (TPSA) is 89.8 Å². The van der Waals surface area contributed by atoms with E-state index < -0.39 is 12.2 Å². The molecule has 132 valence electrons. The first-order valence-corrected chi connectivity index (χ1v) is 8.47. The molecule has 3 atom stereocenters. The van der Waals surface area contributed by atoms with Crippen molar-refractivity contribution in [2.45, 2.75) is 52.2 Å². The van der Waals surface area contributed by atoms with Crippen LogP contribution < -0.4 is 4.90 Å². The molecule has 1 fully saturated rings. The summed E-state index contributed by atoms with van der Waals surface area (Å²) in [4.78, 5) is 24.0. The van der Waals surface area contributed by atoms with Crippen LogP contribution in [0, 0.1) is 5.41 Å². The molecule has 2 heterocycles. The fourth-order valence-corrected chi connectivity index (χ4v) is 3.90. The van der Waals surface area contributed by atoms with Gasteiger partial charge in [-0.05, 0) is 17.8 Å². The Morgan fingerprint density at radius 1 is 1.29 bits per heavy atom. The molecule has 1 unspecified atom stereocenters. The van der Waals surface area contributed by atoms with Crippen LogP contribution >= 0.6 is 0 Å². The molecule has 0 spiro atoms. The lowest BCUT2D eigenvalue weighted by Crippen LogP contribution is -2.59. The van der Waals surface area contributed by atoms with Crippen LogP contribution in [-0.4, -0.2) is 56.9 Å². The highest BCUT2D eigenvalue weighted by molar-refractivity contribution is 5.66. The minimum absolute atomic E-state index is 0.115. The van der Waals surface area contributed by atoms with Gasteiger partial charge in [-0.25, -0.2) is 14.8 Å². The Hall–Kier alpha value is -1.89. The van der Waals surface area contributed by atoms with Crippen LogP contribution in [0.1, 0.15) is 57.4 Å². The van der Waals surface area contributed by atoms with E-state index in [2.05, 4.69) is 42.6 Å². The fraction of sp³-hybridized carbons (Fsp3) is 0.706. The second kappa shape index (κ2) is 5.88. The van der Waals surface area contributed by atoms with Gasteiger partial charge in [0.1, 0.15) is 12.1 Å². The number of carboxylic acid groups (broad SMARTS) is 1. The van der Waals surface area contributed by atoms with Gasteiger partial charge >= 0.3 is 6.09 Å². The predicted octanol–water partition coefficient (Wildman–Crippen LogP) is 2.23. The van der Waals surface area contributed by atoms with Crippen LogP contribution in [0.15, 0.2) is 6.33 Å². The summed E-state index contributed by atoms with van der Waals surface area (Å²) < 4.78 is 0. The lowest BCUT2D eigenvalue weighted by molar-refractivity contribution is 0.0746. The van der Waals surface area contributed by atoms with Crippen LogP contribution in [0.25, 0.3) is 0 Å². The van der Waals surface area contributed by atoms with Crippen molar-refractivity contribution in [3.05, 3.63) is 17.6 Å². The van der Waals surface area contributed by atoms with Crippen molar-refractivity contribution in [2.24, 2.45) is 5.41 Å². The summed E-state index contributed by atoms with van der Waals surface area (Å²) in [6.45, 7) is 9.92. The van der Waals surface area contributed by atoms with E-state index in [1.54, 1.807) is 0 Å². The molecule has 1 aromatic heterocycles. The Labute approximate surface area is 142 Å². The zero-order valence-corrected chi connectivity index (χ0v) is 14.7. The average Bonchev–Trinajstić information content (AvgIpc) is 2.81. The van der Waals surface area contributed by atoms with E-state index in [0.717, 1.165) is 17.1 Å². The van der Waals surface area contributed by atoms with E-state index in [4.69, 9.17) is 0 Å². The smallest absolute Gasteiger partial charge is 0.407 e. The summed E-state index contributed by atoms with van der Waals surface area (Å²) in [7, 11) is 0. The molecule has 1 saturated heterocycles. The molecule has 1 aromatic rings. The van der Waals surface area contributed by atoms with E-state index >= 15 is 0 Å². The largest absolute Gasteiger partial charge is 0.465 e. The van der Waals surface area contributed by atoms with Gasteiger partial charge in [0.2, 0.25) is 0 Å². The van der Waals surface area contributed by atoms with Crippen molar-refractivity contribution < 1.29 is 15.0 Å². The Bertz CT molecular complexity index is 643. The van der Waals surface area contributed by atoms with Gasteiger partial charge in [0.15, 0.2) is 0 Å². The lowest BCUT2D eigenvalue weighted by atomic mass is 9.84. The van der Waals surface area contributed by atoms with E-state index in [1.807, 2.05) is 0 Å². The number of aliphatic hydroxyl groups excluding tert-OH is 1. The number of amides is 1. The molecule has 7 nitrogen and oxygen atoms in total. The number of hydrogen-bond acceptors (Lipinski definition) is 5. The summed E-state index contributed by atoms with van der Waals surface area (Å²) >= 11 is 0. The van der Waals surface area contributed by atoms with Gasteiger partial charge in [0, 0.05) is 25.2 Å². The molecule has 0 bridgehead atoms. The van der Waals surface area contributed by atoms with Gasteiger partial charge in [-0.1, -0.05) is 27.7 Å². The van der Waals surface area contributed by atoms with Gasteiger partial charge in [-0.3, -0.25) is 0 Å². The molecule has 2 aliphatic rings. The van der Waals surface area contributed by atoms with Crippen molar-refractivity contribution in [2.75, 3.05) is 24.5 Å². The number of fused-ring (bicyclic) bond motifs is 1. The van der Waals surface area contributed by atoms with Crippen LogP contribution in [0.5, 0.6) is 0 Å². The zero-order valence-electron chi connectivity index (χ0n) is 14.7. The molecule has 1 aliphatic carbocycles. The van der Waals surface area contributed by atoms with Crippen LogP contribution in [0.4, 0.5) is 10.6 Å². The minimum atomic E-state index is -0.869. The molecule has 7 heteroatoms. The molecule has 0 radical (unpaired) electrons. The second-order valence-corrected chi connectivity index (χ2v) is 7.95. The van der Waals surface area contributed by atoms with Crippen LogP contribution in [-0.2, 0) is 0 Å². The molecule has 3 rings (SSSR count). The molecule has 24 heavy (non-hydrogen) atoms. The number of rotatable bonds is 1. The third-order valence-electron chi connectivity index (χ3n) is 5.20. The molecule has 1 amide bonds. The van der Waals surface area contributed by atoms with Gasteiger partial charge in [0.25, 0.3) is 0 Å². The van der Waals surface area contributed by atoms with Gasteiger partial charge < -0.3 is 20.0 Å². The van der Waals surface area contributed by atoms with Crippen molar-refractivity contribution >= 4 is 11.9 Å². The van der Waals surface area contributed by atoms with Crippen LogP contribution in [0.3, 0.4) is 0 Å². The van der Waals surface area contributed by atoms with Gasteiger partial charge in [0.05, 0.1) is 17.8 Å². The first-order valence-electron chi connectivity index (χ1n) is 8.47. The van der Waals surface area contributed by atoms with E-state index in [-0.39, 0.29) is 17.4 Å². The summed E-state index contributed by atoms with van der Waals surface area (Å²) in [6, 6.07) is -0.115. The number of piperazine rings is 1. The second-order valence-electron chi connectivity index (χ2n) is 7.95. The zero-order chi connectivity index (χ0) is 17.6. The van der Waals surface area contributed by atoms with E-state index in [1.165, 1.54) is 11.2 Å². The Kier molecular flexibility index (Phi) is 4.15. The van der Waals surface area contributed by atoms with Crippen LogP contribution in [0.2, 0.25) is 0 Å². The molecule has 1 aliphatic heterocycles. The van der Waals surface area contributed by atoms with Crippen molar-refractivity contribution in [3.8, 4) is 0 Å². The number of carbonyl (C=O) groups is 1. The van der Waals surface area contributed by atoms with Crippen molar-refractivity contribution in [3.63, 3.8) is 0 Å². The Morgan fingerprint density at radius 3 is 2.62 bits per heavy atom. The first kappa shape index (κ1) is 17.0. The number of hydrogen-bond donors (Lipinski definition) is 2. The fourth-order valence-electron chi connectivity index (χ4n) is 3.90. The van der Waals surface area contributed by atoms with Gasteiger partial charge in [-0.15, -0.1) is 0 Å². The highest BCUT2D eigenvalue weighted by Crippen LogP contribution is 2.43. The molecule has 0 saturated carbocycles. The van der Waals surface area contributed by atoms with Crippen molar-refractivity contribution in [1.29, 1.82) is 0 Å². The third-order valence-corrected chi connectivity index (χ3v) is 5.20. The van der Waals surface area contributed by atoms with E-state index in [9.17, 15) is 15.0 Å². The number of anilines is 1. The highest BCUT2D eigenvalue weighted by atomic mass is 16.4. The minimum Gasteiger partial charge on any atom is -0.465 e. The average molecular weight is 334 g/mol. The Morgan fingerprint density at radius 2 is 2.00 bits per heavy atom. The SMILES string of the molecule is C[C@@H]1C[C@H](O)c2ncnc(N3CCN(C(=O)O)C(C(C)(C)C)C3)c21. The first-order chi connectivity index (χ1) is 11.2. The summed E-state index contributed by atoms with van der Waals surface area (Å²) in [5.74, 6) is 1.06. The molecule has 2 N–H and O–H groups in total. The summed E-state index contributed by atoms with van der Waals surface area (Å²) in [5.41, 5.74) is 1.57. The third kappa shape index (κ3) is 2.81. The number of aromatic nitrogens is 2. The molecular formula is C17H26N4O3. The van der Waals surface area contributed by atoms with Gasteiger partial charge in [-0.2, -0.15) is 0 Å². The standard InChI is InChI=1S/C17H26N4O3/c1-10-7-11(22)14-13(10)15(19-9-18-14)20-5-6-21(16(23)24)12(8-20)17(2,3)4/h9-12,22H,5-8H2,1-4H3,(H,23,24)/t10-,11+,12?/m1/s1. The van der Waals surface area contributed by atoms with E-state index in [0.29, 0.717) is 26.1 Å². The quantitative estimate of drug-likeness (QED) is 0.818. The maximum Gasteiger partial charge on any atom is 0.407 e. The predicted molar refractivity (Wildman–Crippen MR) is 90.2 cm³/mol. The Balaban J connectivity index is 1.94. The molecule has 0 aromatic carbocycles. The highest BCUT2D eigenvalue weighted by Gasteiger charge is 2.40. The normalized spacial score (nSPS) is 27.3. The lowest BCUT2D eigenvalue weighted by Gasteiger charge is -2.46. The monoisotopic (exact) mass is 334 g/mol. The summed E-state index contributed by atoms with van der Waals surface area (Å²) in [5, 5.41) is 19.7. The molecular weight excluding hydrogens is 308 g/mol.